The van der Waals surface area contributed by atoms with E-state index in [9.17, 15) is 19.8 Å². The number of phenols is 1. The standard InChI is InChI=1S/C21H25N5O4/c1-20(2,3)21(9-4-10-26(21)19(29)30)12-25-17-16(24-18(25)28)22-11-15(23-17)13-5-7-14(27)8-6-13/h5-8,11,27H,4,9-10,12H2,1-3H3,(H,29,30)(H,22,24,28). The number of H-pyrrole nitrogens is 1. The zero-order valence-electron chi connectivity index (χ0n) is 17.2. The molecule has 4 rings (SSSR count). The summed E-state index contributed by atoms with van der Waals surface area (Å²) >= 11 is 0. The van der Waals surface area contributed by atoms with Gasteiger partial charge in [-0.1, -0.05) is 20.8 Å². The van der Waals surface area contributed by atoms with Gasteiger partial charge in [-0.05, 0) is 42.5 Å². The largest absolute Gasteiger partial charge is 0.508 e. The molecule has 158 valence electrons. The van der Waals surface area contributed by atoms with E-state index in [0.29, 0.717) is 30.0 Å². The van der Waals surface area contributed by atoms with Crippen molar-refractivity contribution in [1.29, 1.82) is 0 Å². The molecule has 1 aromatic carbocycles. The van der Waals surface area contributed by atoms with Crippen LogP contribution in [0.1, 0.15) is 33.6 Å². The number of rotatable bonds is 3. The van der Waals surface area contributed by atoms with Crippen molar-refractivity contribution in [1.82, 2.24) is 24.4 Å². The number of aromatic hydroxyl groups is 1. The third-order valence-electron chi connectivity index (χ3n) is 6.18. The smallest absolute Gasteiger partial charge is 0.407 e. The number of fused-ring (bicyclic) bond motifs is 1. The van der Waals surface area contributed by atoms with Crippen molar-refractivity contribution < 1.29 is 15.0 Å². The summed E-state index contributed by atoms with van der Waals surface area (Å²) in [6, 6.07) is 6.56. The highest BCUT2D eigenvalue weighted by Gasteiger charge is 2.52. The molecule has 2 aromatic heterocycles. The molecule has 1 atom stereocenters. The number of carboxylic acid groups (broad SMARTS) is 1. The maximum atomic E-state index is 12.8. The van der Waals surface area contributed by atoms with Crippen LogP contribution < -0.4 is 5.69 Å². The van der Waals surface area contributed by atoms with E-state index in [0.717, 1.165) is 12.0 Å². The van der Waals surface area contributed by atoms with E-state index >= 15 is 0 Å². The molecule has 0 spiro atoms. The van der Waals surface area contributed by atoms with Gasteiger partial charge in [0.2, 0.25) is 0 Å². The first kappa shape index (κ1) is 19.9. The monoisotopic (exact) mass is 411 g/mol. The fraction of sp³-hybridized carbons (Fsp3) is 0.429. The van der Waals surface area contributed by atoms with Crippen molar-refractivity contribution in [2.24, 2.45) is 5.41 Å². The zero-order chi connectivity index (χ0) is 21.7. The minimum absolute atomic E-state index is 0.147. The van der Waals surface area contributed by atoms with E-state index in [1.54, 1.807) is 30.5 Å². The lowest BCUT2D eigenvalue weighted by molar-refractivity contribution is 0.0178. The number of nitrogens with zero attached hydrogens (tertiary/aromatic N) is 4. The lowest BCUT2D eigenvalue weighted by atomic mass is 9.71. The molecule has 3 N–H and O–H groups in total. The Kier molecular flexibility index (Phi) is 4.56. The average Bonchev–Trinajstić information content (AvgIpc) is 3.24. The zero-order valence-corrected chi connectivity index (χ0v) is 17.2. The summed E-state index contributed by atoms with van der Waals surface area (Å²) in [5.74, 6) is 0.147. The van der Waals surface area contributed by atoms with Crippen LogP contribution in [0.2, 0.25) is 0 Å². The third kappa shape index (κ3) is 3.10. The highest BCUT2D eigenvalue weighted by Crippen LogP contribution is 2.45. The molecule has 3 heterocycles. The Morgan fingerprint density at radius 3 is 2.60 bits per heavy atom. The molecule has 0 bridgehead atoms. The number of aromatic nitrogens is 4. The van der Waals surface area contributed by atoms with E-state index in [2.05, 4.69) is 15.0 Å². The molecular formula is C21H25N5O4. The van der Waals surface area contributed by atoms with Crippen LogP contribution in [0.3, 0.4) is 0 Å². The van der Waals surface area contributed by atoms with E-state index in [1.807, 2.05) is 20.8 Å². The summed E-state index contributed by atoms with van der Waals surface area (Å²) in [4.78, 5) is 38.0. The number of nitrogens with one attached hydrogen (secondary N) is 1. The Morgan fingerprint density at radius 1 is 1.27 bits per heavy atom. The molecule has 9 heteroatoms. The molecule has 1 aliphatic heterocycles. The Labute approximate surface area is 173 Å². The first-order valence-corrected chi connectivity index (χ1v) is 9.88. The fourth-order valence-electron chi connectivity index (χ4n) is 4.44. The number of likely N-dealkylation sites (tertiary alicyclic amines) is 1. The van der Waals surface area contributed by atoms with Gasteiger partial charge in [0.1, 0.15) is 5.75 Å². The quantitative estimate of drug-likeness (QED) is 0.608. The number of imidazole rings is 1. The molecule has 1 aliphatic rings. The summed E-state index contributed by atoms with van der Waals surface area (Å²) < 4.78 is 1.50. The lowest BCUT2D eigenvalue weighted by Gasteiger charge is -2.47. The summed E-state index contributed by atoms with van der Waals surface area (Å²) in [7, 11) is 0. The second kappa shape index (κ2) is 6.86. The maximum absolute atomic E-state index is 12.8. The Hall–Kier alpha value is -3.36. The van der Waals surface area contributed by atoms with Crippen molar-refractivity contribution in [2.75, 3.05) is 6.54 Å². The van der Waals surface area contributed by atoms with Crippen molar-refractivity contribution in [3.8, 4) is 17.0 Å². The van der Waals surface area contributed by atoms with E-state index in [-0.39, 0.29) is 18.0 Å². The fourth-order valence-corrected chi connectivity index (χ4v) is 4.44. The van der Waals surface area contributed by atoms with Gasteiger partial charge in [0.15, 0.2) is 11.3 Å². The van der Waals surface area contributed by atoms with Gasteiger partial charge >= 0.3 is 11.8 Å². The van der Waals surface area contributed by atoms with Crippen molar-refractivity contribution in [3.63, 3.8) is 0 Å². The minimum Gasteiger partial charge on any atom is -0.508 e. The molecule has 1 unspecified atom stereocenters. The molecule has 0 saturated carbocycles. The molecule has 0 aliphatic carbocycles. The van der Waals surface area contributed by atoms with E-state index in [4.69, 9.17) is 0 Å². The van der Waals surface area contributed by atoms with Gasteiger partial charge in [-0.25, -0.2) is 19.6 Å². The van der Waals surface area contributed by atoms with Gasteiger partial charge in [-0.15, -0.1) is 0 Å². The lowest BCUT2D eigenvalue weighted by Crippen LogP contribution is -2.58. The van der Waals surface area contributed by atoms with Crippen LogP contribution in [0.15, 0.2) is 35.3 Å². The SMILES string of the molecule is CC(C)(C)C1(Cn2c(=O)[nH]c3ncc(-c4ccc(O)cc4)nc32)CCCN1C(=O)O. The number of carbonyl (C=O) groups is 1. The summed E-state index contributed by atoms with van der Waals surface area (Å²) in [6.07, 6.45) is 1.98. The van der Waals surface area contributed by atoms with Gasteiger partial charge < -0.3 is 15.1 Å². The number of hydrogen-bond donors (Lipinski definition) is 3. The third-order valence-corrected chi connectivity index (χ3v) is 6.18. The number of aromatic amines is 1. The van der Waals surface area contributed by atoms with Crippen molar-refractivity contribution >= 4 is 17.4 Å². The van der Waals surface area contributed by atoms with Crippen molar-refractivity contribution in [3.05, 3.63) is 40.9 Å². The predicted octanol–water partition coefficient (Wildman–Crippen LogP) is 3.05. The van der Waals surface area contributed by atoms with Crippen LogP contribution in [0.5, 0.6) is 5.75 Å². The van der Waals surface area contributed by atoms with Gasteiger partial charge in [-0.2, -0.15) is 0 Å². The van der Waals surface area contributed by atoms with Gasteiger partial charge in [-0.3, -0.25) is 9.55 Å². The van der Waals surface area contributed by atoms with Gasteiger partial charge in [0.05, 0.1) is 24.0 Å². The first-order valence-electron chi connectivity index (χ1n) is 9.88. The minimum atomic E-state index is -0.980. The average molecular weight is 411 g/mol. The molecule has 0 radical (unpaired) electrons. The molecule has 3 aromatic rings. The number of benzene rings is 1. The van der Waals surface area contributed by atoms with Gasteiger partial charge in [0, 0.05) is 12.1 Å². The number of hydrogen-bond acceptors (Lipinski definition) is 5. The molecule has 9 nitrogen and oxygen atoms in total. The molecule has 30 heavy (non-hydrogen) atoms. The Bertz CT molecular complexity index is 1160. The molecule has 1 amide bonds. The van der Waals surface area contributed by atoms with Crippen molar-refractivity contribution in [2.45, 2.75) is 45.7 Å². The molecule has 1 fully saturated rings. The van der Waals surface area contributed by atoms with Gasteiger partial charge in [0.25, 0.3) is 0 Å². The molecule has 1 saturated heterocycles. The Morgan fingerprint density at radius 2 is 1.97 bits per heavy atom. The highest BCUT2D eigenvalue weighted by atomic mass is 16.4. The molecular weight excluding hydrogens is 386 g/mol. The van der Waals surface area contributed by atoms with E-state index < -0.39 is 17.0 Å². The topological polar surface area (TPSA) is 124 Å². The van der Waals surface area contributed by atoms with Crippen LogP contribution >= 0.6 is 0 Å². The van der Waals surface area contributed by atoms with Crippen LogP contribution in [0, 0.1) is 5.41 Å². The summed E-state index contributed by atoms with van der Waals surface area (Å²) in [5, 5.41) is 19.3. The van der Waals surface area contributed by atoms with Crippen LogP contribution in [0.25, 0.3) is 22.6 Å². The summed E-state index contributed by atoms with van der Waals surface area (Å²) in [6.45, 7) is 6.63. The maximum Gasteiger partial charge on any atom is 0.407 e. The van der Waals surface area contributed by atoms with Crippen LogP contribution in [-0.2, 0) is 6.54 Å². The van der Waals surface area contributed by atoms with E-state index in [1.165, 1.54) is 9.47 Å². The number of amides is 1. The Balaban J connectivity index is 1.84. The first-order chi connectivity index (χ1) is 14.1. The van der Waals surface area contributed by atoms with Crippen LogP contribution in [0.4, 0.5) is 4.79 Å². The summed E-state index contributed by atoms with van der Waals surface area (Å²) in [5.41, 5.74) is 0.537. The second-order valence-electron chi connectivity index (χ2n) is 8.81. The normalized spacial score (nSPS) is 19.5. The second-order valence-corrected chi connectivity index (χ2v) is 8.81. The predicted molar refractivity (Wildman–Crippen MR) is 111 cm³/mol. The number of phenolic OH excluding ortho intramolecular Hbond substituents is 1. The highest BCUT2D eigenvalue weighted by molar-refractivity contribution is 5.71. The van der Waals surface area contributed by atoms with Crippen LogP contribution in [-0.4, -0.2) is 52.8 Å².